The molecule has 0 aliphatic rings. The first kappa shape index (κ1) is 15.3. The number of ether oxygens (including phenoxy) is 1. The van der Waals surface area contributed by atoms with Crippen LogP contribution in [0, 0.1) is 17.1 Å². The minimum atomic E-state index is -1.72. The summed E-state index contributed by atoms with van der Waals surface area (Å²) in [6.45, 7) is 6.57. The van der Waals surface area contributed by atoms with E-state index in [1.54, 1.807) is 18.2 Å². The highest BCUT2D eigenvalue weighted by molar-refractivity contribution is 6.77. The number of nitriles is 1. The fraction of sp³-hybridized carbons (Fsp3) is 0.235. The van der Waals surface area contributed by atoms with E-state index in [0.29, 0.717) is 11.3 Å². The monoisotopic (exact) mass is 299 g/mol. The number of rotatable bonds is 4. The molecule has 4 heteroatoms. The molecular weight excluding hydrogens is 281 g/mol. The average Bonchev–Trinajstić information content (AvgIpc) is 2.44. The zero-order valence-corrected chi connectivity index (χ0v) is 13.4. The molecule has 0 aliphatic carbocycles. The Morgan fingerprint density at radius 3 is 2.43 bits per heavy atom. The van der Waals surface area contributed by atoms with Gasteiger partial charge in [0, 0.05) is 6.07 Å². The molecule has 0 aromatic heterocycles. The van der Waals surface area contributed by atoms with Crippen LogP contribution in [0.5, 0.6) is 5.75 Å². The lowest BCUT2D eigenvalue weighted by Crippen LogP contribution is -2.35. The first-order valence-electron chi connectivity index (χ1n) is 6.82. The Kier molecular flexibility index (Phi) is 4.44. The average molecular weight is 299 g/mol. The van der Waals surface area contributed by atoms with Gasteiger partial charge in [0.15, 0.2) is 0 Å². The lowest BCUT2D eigenvalue weighted by Gasteiger charge is -2.30. The van der Waals surface area contributed by atoms with E-state index in [9.17, 15) is 4.39 Å². The van der Waals surface area contributed by atoms with E-state index in [2.05, 4.69) is 25.7 Å². The summed E-state index contributed by atoms with van der Waals surface area (Å²) in [4.78, 5) is 0. The van der Waals surface area contributed by atoms with Gasteiger partial charge in [-0.2, -0.15) is 5.26 Å². The van der Waals surface area contributed by atoms with Crippen molar-refractivity contribution in [3.63, 3.8) is 0 Å². The summed E-state index contributed by atoms with van der Waals surface area (Å²) >= 11 is 0. The summed E-state index contributed by atoms with van der Waals surface area (Å²) in [5, 5.41) is 9.04. The second-order valence-electron chi connectivity index (χ2n) is 6.06. The number of hydrogen-bond donors (Lipinski definition) is 0. The maximum absolute atomic E-state index is 13.3. The van der Waals surface area contributed by atoms with Crippen LogP contribution in [0.25, 0.3) is 0 Å². The Bertz CT molecular complexity index is 673. The second kappa shape index (κ2) is 6.11. The van der Waals surface area contributed by atoms with Crippen molar-refractivity contribution in [1.29, 1.82) is 5.26 Å². The van der Waals surface area contributed by atoms with Crippen LogP contribution >= 0.6 is 0 Å². The quantitative estimate of drug-likeness (QED) is 0.767. The normalized spacial score (nSPS) is 12.5. The molecule has 0 saturated heterocycles. The predicted molar refractivity (Wildman–Crippen MR) is 84.3 cm³/mol. The van der Waals surface area contributed by atoms with Crippen molar-refractivity contribution in [2.45, 2.75) is 25.4 Å². The fourth-order valence-electron chi connectivity index (χ4n) is 2.19. The third-order valence-electron chi connectivity index (χ3n) is 3.16. The Labute approximate surface area is 125 Å². The largest absolute Gasteiger partial charge is 0.489 e. The number of nitrogens with zero attached hydrogens (tertiary/aromatic N) is 1. The minimum absolute atomic E-state index is 0.132. The van der Waals surface area contributed by atoms with E-state index in [1.165, 1.54) is 12.1 Å². The smallest absolute Gasteiger partial charge is 0.126 e. The van der Waals surface area contributed by atoms with E-state index >= 15 is 0 Å². The maximum atomic E-state index is 13.3. The SMILES string of the molecule is C[Si](C)(C)C(Oc1cccc(F)c1)c1cccc(C#N)c1. The standard InChI is InChI=1S/C17H18FNOSi/c1-21(2,3)17(14-7-4-6-13(10-14)12-19)20-16-9-5-8-15(18)11-16/h4-11,17H,1-3H3. The van der Waals surface area contributed by atoms with E-state index in [1.807, 2.05) is 18.2 Å². The van der Waals surface area contributed by atoms with Gasteiger partial charge in [0.25, 0.3) is 0 Å². The molecule has 0 saturated carbocycles. The van der Waals surface area contributed by atoms with Crippen LogP contribution in [0.4, 0.5) is 4.39 Å². The highest BCUT2D eigenvalue weighted by Crippen LogP contribution is 2.31. The number of benzene rings is 2. The zero-order valence-electron chi connectivity index (χ0n) is 12.4. The summed E-state index contributed by atoms with van der Waals surface area (Å²) < 4.78 is 19.4. The van der Waals surface area contributed by atoms with Crippen molar-refractivity contribution in [1.82, 2.24) is 0 Å². The molecule has 1 atom stereocenters. The Hall–Kier alpha value is -2.12. The summed E-state index contributed by atoms with van der Waals surface area (Å²) in [6, 6.07) is 15.8. The highest BCUT2D eigenvalue weighted by Gasteiger charge is 2.30. The first-order valence-corrected chi connectivity index (χ1v) is 10.4. The van der Waals surface area contributed by atoms with Crippen molar-refractivity contribution < 1.29 is 9.13 Å². The molecule has 2 rings (SSSR count). The van der Waals surface area contributed by atoms with Crippen molar-refractivity contribution in [3.8, 4) is 11.8 Å². The van der Waals surface area contributed by atoms with Gasteiger partial charge in [0.1, 0.15) is 17.3 Å². The summed E-state index contributed by atoms with van der Waals surface area (Å²) in [5.41, 5.74) is 1.45. The first-order chi connectivity index (χ1) is 9.90. The zero-order chi connectivity index (χ0) is 15.5. The van der Waals surface area contributed by atoms with Gasteiger partial charge in [0.05, 0.1) is 19.7 Å². The van der Waals surface area contributed by atoms with Crippen LogP contribution in [-0.4, -0.2) is 8.07 Å². The Balaban J connectivity index is 2.37. The van der Waals surface area contributed by atoms with Crippen LogP contribution in [0.2, 0.25) is 19.6 Å². The molecule has 0 amide bonds. The molecule has 0 bridgehead atoms. The van der Waals surface area contributed by atoms with E-state index in [4.69, 9.17) is 10.00 Å². The molecule has 108 valence electrons. The topological polar surface area (TPSA) is 33.0 Å². The van der Waals surface area contributed by atoms with Crippen molar-refractivity contribution in [2.24, 2.45) is 0 Å². The molecule has 0 spiro atoms. The summed E-state index contributed by atoms with van der Waals surface area (Å²) in [6.07, 6.45) is 0. The van der Waals surface area contributed by atoms with Gasteiger partial charge >= 0.3 is 0 Å². The molecule has 2 aromatic rings. The van der Waals surface area contributed by atoms with Gasteiger partial charge in [-0.25, -0.2) is 4.39 Å². The molecule has 0 heterocycles. The maximum Gasteiger partial charge on any atom is 0.126 e. The van der Waals surface area contributed by atoms with Crippen molar-refractivity contribution in [2.75, 3.05) is 0 Å². The van der Waals surface area contributed by atoms with Gasteiger partial charge in [-0.3, -0.25) is 0 Å². The summed E-state index contributed by atoms with van der Waals surface area (Å²) in [5.74, 6) is 0.206. The molecule has 21 heavy (non-hydrogen) atoms. The van der Waals surface area contributed by atoms with Crippen molar-refractivity contribution >= 4 is 8.07 Å². The molecule has 1 unspecified atom stereocenters. The minimum Gasteiger partial charge on any atom is -0.489 e. The van der Waals surface area contributed by atoms with Crippen LogP contribution in [0.1, 0.15) is 16.9 Å². The molecule has 0 N–H and O–H groups in total. The third-order valence-corrected chi connectivity index (χ3v) is 5.18. The Morgan fingerprint density at radius 2 is 1.81 bits per heavy atom. The van der Waals surface area contributed by atoms with Crippen LogP contribution in [-0.2, 0) is 0 Å². The number of hydrogen-bond acceptors (Lipinski definition) is 2. The van der Waals surface area contributed by atoms with E-state index in [-0.39, 0.29) is 11.5 Å². The van der Waals surface area contributed by atoms with Gasteiger partial charge < -0.3 is 4.74 Å². The van der Waals surface area contributed by atoms with E-state index in [0.717, 1.165) is 5.56 Å². The summed E-state index contributed by atoms with van der Waals surface area (Å²) in [7, 11) is -1.72. The van der Waals surface area contributed by atoms with Crippen LogP contribution < -0.4 is 4.74 Å². The molecule has 2 nitrogen and oxygen atoms in total. The lowest BCUT2D eigenvalue weighted by atomic mass is 10.1. The van der Waals surface area contributed by atoms with Gasteiger partial charge in [-0.15, -0.1) is 0 Å². The van der Waals surface area contributed by atoms with Gasteiger partial charge in [-0.1, -0.05) is 37.8 Å². The van der Waals surface area contributed by atoms with Gasteiger partial charge in [-0.05, 0) is 29.8 Å². The lowest BCUT2D eigenvalue weighted by molar-refractivity contribution is 0.274. The van der Waals surface area contributed by atoms with Crippen LogP contribution in [0.3, 0.4) is 0 Å². The highest BCUT2D eigenvalue weighted by atomic mass is 28.3. The Morgan fingerprint density at radius 1 is 1.10 bits per heavy atom. The van der Waals surface area contributed by atoms with E-state index < -0.39 is 8.07 Å². The van der Waals surface area contributed by atoms with Gasteiger partial charge in [0.2, 0.25) is 0 Å². The second-order valence-corrected chi connectivity index (χ2v) is 11.3. The van der Waals surface area contributed by atoms with Crippen molar-refractivity contribution in [3.05, 3.63) is 65.5 Å². The molecular formula is C17H18FNOSi. The van der Waals surface area contributed by atoms with Crippen LogP contribution in [0.15, 0.2) is 48.5 Å². The third kappa shape index (κ3) is 3.93. The number of halogens is 1. The predicted octanol–water partition coefficient (Wildman–Crippen LogP) is 4.69. The molecule has 2 aromatic carbocycles. The molecule has 0 radical (unpaired) electrons. The molecule has 0 aliphatic heterocycles. The molecule has 0 fully saturated rings. The fourth-order valence-corrected chi connectivity index (χ4v) is 3.86.